The van der Waals surface area contributed by atoms with Gasteiger partial charge >= 0.3 is 0 Å². The summed E-state index contributed by atoms with van der Waals surface area (Å²) in [6.45, 7) is 4.62. The monoisotopic (exact) mass is 452 g/mol. The Balaban J connectivity index is 0.00000341. The van der Waals surface area contributed by atoms with Crippen molar-refractivity contribution in [2.24, 2.45) is 5.92 Å². The number of halogens is 1. The number of hydrogen-bond acceptors (Lipinski definition) is 5. The Morgan fingerprint density at radius 1 is 1.06 bits per heavy atom. The molecule has 1 aliphatic heterocycles. The second-order valence-electron chi connectivity index (χ2n) is 8.59. The van der Waals surface area contributed by atoms with Crippen LogP contribution in [0.5, 0.6) is 5.75 Å². The molecule has 0 bridgehead atoms. The normalized spacial score (nSPS) is 17.8. The fourth-order valence-electron chi connectivity index (χ4n) is 4.46. The molecule has 1 saturated carbocycles. The maximum Gasteiger partial charge on any atom is 0.230 e. The minimum atomic E-state index is -0.162. The third kappa shape index (κ3) is 8.79. The lowest BCUT2D eigenvalue weighted by atomic mass is 9.87. The molecule has 6 nitrogen and oxygen atoms in total. The second-order valence-corrected chi connectivity index (χ2v) is 8.59. The zero-order valence-electron chi connectivity index (χ0n) is 18.7. The maximum absolute atomic E-state index is 12.2. The number of benzene rings is 1. The van der Waals surface area contributed by atoms with Gasteiger partial charge in [-0.1, -0.05) is 44.2 Å². The van der Waals surface area contributed by atoms with Gasteiger partial charge in [0.25, 0.3) is 0 Å². The molecule has 1 aromatic rings. The van der Waals surface area contributed by atoms with Crippen LogP contribution in [-0.4, -0.2) is 68.0 Å². The smallest absolute Gasteiger partial charge is 0.230 e. The highest BCUT2D eigenvalue weighted by Gasteiger charge is 2.22. The third-order valence-corrected chi connectivity index (χ3v) is 6.20. The number of ketones is 1. The predicted molar refractivity (Wildman–Crippen MR) is 124 cm³/mol. The summed E-state index contributed by atoms with van der Waals surface area (Å²) in [7, 11) is 1.47. The largest absolute Gasteiger partial charge is 0.494 e. The van der Waals surface area contributed by atoms with Crippen LogP contribution in [0.25, 0.3) is 0 Å². The fraction of sp³-hybridized carbons (Fsp3) is 0.667. The Bertz CT molecular complexity index is 686. The zero-order chi connectivity index (χ0) is 21.2. The van der Waals surface area contributed by atoms with Crippen LogP contribution in [0.1, 0.15) is 50.5 Å². The number of Topliss-reactive ketones (excluding diaryl/α,β-unsaturated/α-hetero) is 1. The van der Waals surface area contributed by atoms with Gasteiger partial charge in [-0.15, -0.1) is 12.4 Å². The van der Waals surface area contributed by atoms with E-state index in [2.05, 4.69) is 23.1 Å². The first-order chi connectivity index (χ1) is 14.6. The van der Waals surface area contributed by atoms with Crippen LogP contribution in [0.15, 0.2) is 24.3 Å². The molecule has 174 valence electrons. The number of hydrogen-bond donors (Lipinski definition) is 0. The summed E-state index contributed by atoms with van der Waals surface area (Å²) < 4.78 is 10.8. The van der Waals surface area contributed by atoms with E-state index >= 15 is 0 Å². The molecule has 1 heterocycles. The van der Waals surface area contributed by atoms with Gasteiger partial charge in [-0.25, -0.2) is 0 Å². The number of carbonyl (C=O) groups excluding carboxylic acids is 2. The van der Waals surface area contributed by atoms with Crippen LogP contribution in [0.3, 0.4) is 0 Å². The molecule has 7 heteroatoms. The summed E-state index contributed by atoms with van der Waals surface area (Å²) in [4.78, 5) is 28.0. The lowest BCUT2D eigenvalue weighted by molar-refractivity contribution is -0.137. The van der Waals surface area contributed by atoms with Crippen molar-refractivity contribution >= 4 is 24.1 Å². The number of methoxy groups -OCH3 is 1. The Morgan fingerprint density at radius 3 is 2.52 bits per heavy atom. The van der Waals surface area contributed by atoms with Crippen LogP contribution in [0.2, 0.25) is 0 Å². The molecular formula is C24H37ClN2O4. The Labute approximate surface area is 192 Å². The molecule has 0 unspecified atom stereocenters. The SMILES string of the molecule is COCC(=O)CC(=O)N1CCN(Cc2cccc(OCCC3CCCCC3)c2)CC1.Cl. The standard InChI is InChI=1S/C24H36N2O4.ClH/c1-29-19-22(27)17-24(28)26-13-11-25(12-14-26)18-21-8-5-9-23(16-21)30-15-10-20-6-3-2-4-7-20;/h5,8-9,16,20H,2-4,6-7,10-15,17-19H2,1H3;1H. The Hall–Kier alpha value is -1.63. The molecule has 0 radical (unpaired) electrons. The summed E-state index contributed by atoms with van der Waals surface area (Å²) >= 11 is 0. The van der Waals surface area contributed by atoms with Gasteiger partial charge < -0.3 is 14.4 Å². The first kappa shape index (κ1) is 25.6. The van der Waals surface area contributed by atoms with Gasteiger partial charge in [0.15, 0.2) is 5.78 Å². The molecule has 0 N–H and O–H groups in total. The Morgan fingerprint density at radius 2 is 1.81 bits per heavy atom. The van der Waals surface area contributed by atoms with Crippen molar-refractivity contribution in [2.75, 3.05) is 46.5 Å². The summed E-state index contributed by atoms with van der Waals surface area (Å²) in [5.74, 6) is 1.54. The van der Waals surface area contributed by atoms with Crippen LogP contribution < -0.4 is 4.74 Å². The Kier molecular flexibility index (Phi) is 11.3. The van der Waals surface area contributed by atoms with Gasteiger partial charge in [0, 0.05) is 39.8 Å². The van der Waals surface area contributed by atoms with E-state index in [9.17, 15) is 9.59 Å². The third-order valence-electron chi connectivity index (χ3n) is 6.20. The predicted octanol–water partition coefficient (Wildman–Crippen LogP) is 3.71. The van der Waals surface area contributed by atoms with E-state index in [0.29, 0.717) is 13.1 Å². The maximum atomic E-state index is 12.2. The van der Waals surface area contributed by atoms with Crippen LogP contribution in [0, 0.1) is 5.92 Å². The van der Waals surface area contributed by atoms with E-state index < -0.39 is 0 Å². The first-order valence-electron chi connectivity index (χ1n) is 11.4. The number of ether oxygens (including phenoxy) is 2. The molecule has 0 aromatic heterocycles. The van der Waals surface area contributed by atoms with Crippen LogP contribution >= 0.6 is 12.4 Å². The van der Waals surface area contributed by atoms with Gasteiger partial charge in [0.2, 0.25) is 5.91 Å². The van der Waals surface area contributed by atoms with Gasteiger partial charge in [0.05, 0.1) is 13.0 Å². The van der Waals surface area contributed by atoms with E-state index in [1.54, 1.807) is 4.90 Å². The highest BCUT2D eigenvalue weighted by atomic mass is 35.5. The summed E-state index contributed by atoms with van der Waals surface area (Å²) in [6.07, 6.45) is 7.97. The molecule has 3 rings (SSSR count). The summed E-state index contributed by atoms with van der Waals surface area (Å²) in [5.41, 5.74) is 1.24. The molecular weight excluding hydrogens is 416 g/mol. The van der Waals surface area contributed by atoms with E-state index in [1.165, 1.54) is 44.8 Å². The molecule has 1 aliphatic carbocycles. The molecule has 1 amide bonds. The van der Waals surface area contributed by atoms with Gasteiger partial charge in [-0.3, -0.25) is 14.5 Å². The highest BCUT2D eigenvalue weighted by Crippen LogP contribution is 2.26. The summed E-state index contributed by atoms with van der Waals surface area (Å²) in [5, 5.41) is 0. The number of amides is 1. The molecule has 2 aliphatic rings. The lowest BCUT2D eigenvalue weighted by Crippen LogP contribution is -2.48. The minimum absolute atomic E-state index is 0. The second kappa shape index (κ2) is 13.7. The number of rotatable bonds is 10. The van der Waals surface area contributed by atoms with Crippen molar-refractivity contribution in [3.63, 3.8) is 0 Å². The van der Waals surface area contributed by atoms with Crippen molar-refractivity contribution in [1.82, 2.24) is 9.80 Å². The van der Waals surface area contributed by atoms with Gasteiger partial charge in [0.1, 0.15) is 12.4 Å². The number of nitrogens with zero attached hydrogens (tertiary/aromatic N) is 2. The highest BCUT2D eigenvalue weighted by molar-refractivity contribution is 5.98. The van der Waals surface area contributed by atoms with Crippen molar-refractivity contribution in [1.29, 1.82) is 0 Å². The molecule has 2 fully saturated rings. The van der Waals surface area contributed by atoms with E-state index in [-0.39, 0.29) is 37.1 Å². The molecule has 1 saturated heterocycles. The summed E-state index contributed by atoms with van der Waals surface area (Å²) in [6, 6.07) is 8.38. The number of carbonyl (C=O) groups is 2. The fourth-order valence-corrected chi connectivity index (χ4v) is 4.46. The van der Waals surface area contributed by atoms with E-state index in [1.807, 2.05) is 6.07 Å². The van der Waals surface area contributed by atoms with Gasteiger partial charge in [-0.2, -0.15) is 0 Å². The lowest BCUT2D eigenvalue weighted by Gasteiger charge is -2.34. The number of piperazine rings is 1. The van der Waals surface area contributed by atoms with Crippen molar-refractivity contribution in [2.45, 2.75) is 51.5 Å². The average molecular weight is 453 g/mol. The van der Waals surface area contributed by atoms with Crippen molar-refractivity contribution in [3.8, 4) is 5.75 Å². The van der Waals surface area contributed by atoms with Crippen LogP contribution in [-0.2, 0) is 20.9 Å². The van der Waals surface area contributed by atoms with E-state index in [4.69, 9.17) is 9.47 Å². The van der Waals surface area contributed by atoms with Gasteiger partial charge in [-0.05, 0) is 30.0 Å². The van der Waals surface area contributed by atoms with E-state index in [0.717, 1.165) is 44.3 Å². The van der Waals surface area contributed by atoms with Crippen molar-refractivity contribution < 1.29 is 19.1 Å². The molecule has 0 spiro atoms. The quantitative estimate of drug-likeness (QED) is 0.506. The average Bonchev–Trinajstić information content (AvgIpc) is 2.75. The topological polar surface area (TPSA) is 59.1 Å². The molecule has 31 heavy (non-hydrogen) atoms. The zero-order valence-corrected chi connectivity index (χ0v) is 19.5. The minimum Gasteiger partial charge on any atom is -0.494 e. The first-order valence-corrected chi connectivity index (χ1v) is 11.4. The molecule has 0 atom stereocenters. The van der Waals surface area contributed by atoms with Crippen LogP contribution in [0.4, 0.5) is 0 Å². The molecule has 1 aromatic carbocycles. The van der Waals surface area contributed by atoms with Crippen molar-refractivity contribution in [3.05, 3.63) is 29.8 Å².